The molecule has 2 aliphatic heterocycles. The Kier molecular flexibility index (Phi) is 6.45. The van der Waals surface area contributed by atoms with Crippen LogP contribution in [-0.2, 0) is 14.3 Å². The highest BCUT2D eigenvalue weighted by atomic mass is 16.5. The Morgan fingerprint density at radius 1 is 1.14 bits per heavy atom. The van der Waals surface area contributed by atoms with Gasteiger partial charge in [0.15, 0.2) is 0 Å². The van der Waals surface area contributed by atoms with Gasteiger partial charge in [-0.1, -0.05) is 6.92 Å². The van der Waals surface area contributed by atoms with E-state index in [4.69, 9.17) is 9.47 Å². The Morgan fingerprint density at radius 2 is 1.81 bits per heavy atom. The fourth-order valence-corrected chi connectivity index (χ4v) is 3.63. The molecule has 2 saturated heterocycles. The summed E-state index contributed by atoms with van der Waals surface area (Å²) in [6, 6.07) is 0. The molecule has 0 saturated carbocycles. The lowest BCUT2D eigenvalue weighted by atomic mass is 9.82. The molecule has 0 aromatic carbocycles. The molecule has 0 atom stereocenters. The van der Waals surface area contributed by atoms with E-state index in [1.807, 2.05) is 6.92 Å². The maximum Gasteiger partial charge on any atom is 0.307 e. The van der Waals surface area contributed by atoms with Crippen LogP contribution in [0.25, 0.3) is 0 Å². The molecule has 0 radical (unpaired) electrons. The van der Waals surface area contributed by atoms with Crippen LogP contribution in [0.3, 0.4) is 0 Å². The van der Waals surface area contributed by atoms with E-state index >= 15 is 0 Å². The standard InChI is InChI=1S/C16H30N2O3/c1-3-7-17-8-5-16(6-9-17,14-15(19)21-4-2)18-10-12-20-13-11-18/h3-14H2,1-2H3. The Hall–Kier alpha value is -0.650. The molecule has 2 rings (SSSR count). The van der Waals surface area contributed by atoms with E-state index in [-0.39, 0.29) is 11.5 Å². The van der Waals surface area contributed by atoms with Crippen molar-refractivity contribution in [3.63, 3.8) is 0 Å². The quantitative estimate of drug-likeness (QED) is 0.696. The molecule has 0 bridgehead atoms. The summed E-state index contributed by atoms with van der Waals surface area (Å²) >= 11 is 0. The third-order valence-electron chi connectivity index (χ3n) is 4.79. The predicted molar refractivity (Wildman–Crippen MR) is 82.3 cm³/mol. The van der Waals surface area contributed by atoms with Crippen molar-refractivity contribution in [1.29, 1.82) is 0 Å². The van der Waals surface area contributed by atoms with Crippen LogP contribution in [-0.4, -0.2) is 73.9 Å². The molecule has 0 aliphatic carbocycles. The number of likely N-dealkylation sites (tertiary alicyclic amines) is 1. The van der Waals surface area contributed by atoms with Crippen molar-refractivity contribution in [2.75, 3.05) is 52.5 Å². The summed E-state index contributed by atoms with van der Waals surface area (Å²) in [5.41, 5.74) is -0.0136. The zero-order valence-electron chi connectivity index (χ0n) is 13.6. The number of nitrogens with zero attached hydrogens (tertiary/aromatic N) is 2. The van der Waals surface area contributed by atoms with Gasteiger partial charge in [0.1, 0.15) is 0 Å². The lowest BCUT2D eigenvalue weighted by molar-refractivity contribution is -0.149. The van der Waals surface area contributed by atoms with E-state index in [0.717, 1.165) is 52.2 Å². The number of piperidine rings is 1. The van der Waals surface area contributed by atoms with Crippen molar-refractivity contribution in [1.82, 2.24) is 9.80 Å². The van der Waals surface area contributed by atoms with Crippen LogP contribution in [0.4, 0.5) is 0 Å². The maximum atomic E-state index is 12.1. The summed E-state index contributed by atoms with van der Waals surface area (Å²) < 4.78 is 10.7. The van der Waals surface area contributed by atoms with Crippen LogP contribution in [0.1, 0.15) is 39.5 Å². The second-order valence-electron chi connectivity index (χ2n) is 6.15. The monoisotopic (exact) mass is 298 g/mol. The van der Waals surface area contributed by atoms with Gasteiger partial charge < -0.3 is 14.4 Å². The topological polar surface area (TPSA) is 42.0 Å². The first kappa shape index (κ1) is 16.7. The van der Waals surface area contributed by atoms with E-state index in [1.165, 1.54) is 13.0 Å². The predicted octanol–water partition coefficient (Wildman–Crippen LogP) is 1.52. The molecule has 0 aromatic heterocycles. The summed E-state index contributed by atoms with van der Waals surface area (Å²) in [6.45, 7) is 11.4. The number of esters is 1. The molecule has 21 heavy (non-hydrogen) atoms. The second kappa shape index (κ2) is 8.11. The average molecular weight is 298 g/mol. The average Bonchev–Trinajstić information content (AvgIpc) is 2.51. The lowest BCUT2D eigenvalue weighted by Crippen LogP contribution is -2.59. The second-order valence-corrected chi connectivity index (χ2v) is 6.15. The third kappa shape index (κ3) is 4.41. The zero-order chi connectivity index (χ0) is 15.1. The summed E-state index contributed by atoms with van der Waals surface area (Å²) in [6.07, 6.45) is 3.85. The van der Waals surface area contributed by atoms with Gasteiger partial charge in [0.05, 0.1) is 26.2 Å². The molecule has 0 unspecified atom stereocenters. The van der Waals surface area contributed by atoms with Gasteiger partial charge in [0.25, 0.3) is 0 Å². The van der Waals surface area contributed by atoms with E-state index in [1.54, 1.807) is 0 Å². The van der Waals surface area contributed by atoms with Crippen LogP contribution in [0.15, 0.2) is 0 Å². The van der Waals surface area contributed by atoms with Crippen molar-refractivity contribution in [2.45, 2.75) is 45.1 Å². The fraction of sp³-hybridized carbons (Fsp3) is 0.938. The van der Waals surface area contributed by atoms with Crippen molar-refractivity contribution >= 4 is 5.97 Å². The largest absolute Gasteiger partial charge is 0.466 e. The maximum absolute atomic E-state index is 12.1. The van der Waals surface area contributed by atoms with E-state index < -0.39 is 0 Å². The summed E-state index contributed by atoms with van der Waals surface area (Å²) in [5, 5.41) is 0. The molecule has 122 valence electrons. The molecule has 0 spiro atoms. The molecule has 0 aromatic rings. The van der Waals surface area contributed by atoms with Gasteiger partial charge >= 0.3 is 5.97 Å². The van der Waals surface area contributed by atoms with Crippen LogP contribution in [0.5, 0.6) is 0 Å². The van der Waals surface area contributed by atoms with Gasteiger partial charge in [-0.05, 0) is 45.8 Å². The number of hydrogen-bond donors (Lipinski definition) is 0. The molecular formula is C16H30N2O3. The number of carbonyl (C=O) groups excluding carboxylic acids is 1. The summed E-state index contributed by atoms with van der Waals surface area (Å²) in [5.74, 6) is -0.0482. The highest BCUT2D eigenvalue weighted by Crippen LogP contribution is 2.33. The third-order valence-corrected chi connectivity index (χ3v) is 4.79. The van der Waals surface area contributed by atoms with Gasteiger partial charge in [0.2, 0.25) is 0 Å². The summed E-state index contributed by atoms with van der Waals surface area (Å²) in [4.78, 5) is 17.1. The normalized spacial score (nSPS) is 23.9. The number of carbonyl (C=O) groups is 1. The fourth-order valence-electron chi connectivity index (χ4n) is 3.63. The van der Waals surface area contributed by atoms with E-state index in [9.17, 15) is 4.79 Å². The SMILES string of the molecule is CCCN1CCC(CC(=O)OCC)(N2CCOCC2)CC1. The van der Waals surface area contributed by atoms with Gasteiger partial charge in [0, 0.05) is 18.6 Å². The van der Waals surface area contributed by atoms with Crippen LogP contribution in [0, 0.1) is 0 Å². The Bertz CT molecular complexity index is 321. The van der Waals surface area contributed by atoms with Gasteiger partial charge in [-0.15, -0.1) is 0 Å². The highest BCUT2D eigenvalue weighted by molar-refractivity contribution is 5.71. The number of rotatable bonds is 6. The van der Waals surface area contributed by atoms with Gasteiger partial charge in [-0.3, -0.25) is 9.69 Å². The van der Waals surface area contributed by atoms with E-state index in [0.29, 0.717) is 13.0 Å². The van der Waals surface area contributed by atoms with Crippen molar-refractivity contribution in [3.05, 3.63) is 0 Å². The first-order chi connectivity index (χ1) is 10.2. The van der Waals surface area contributed by atoms with Crippen molar-refractivity contribution < 1.29 is 14.3 Å². The first-order valence-corrected chi connectivity index (χ1v) is 8.41. The first-order valence-electron chi connectivity index (χ1n) is 8.41. The molecule has 0 amide bonds. The van der Waals surface area contributed by atoms with Gasteiger partial charge in [-0.2, -0.15) is 0 Å². The smallest absolute Gasteiger partial charge is 0.307 e. The minimum Gasteiger partial charge on any atom is -0.466 e. The highest BCUT2D eigenvalue weighted by Gasteiger charge is 2.42. The molecule has 5 nitrogen and oxygen atoms in total. The number of ether oxygens (including phenoxy) is 2. The van der Waals surface area contributed by atoms with Crippen molar-refractivity contribution in [2.24, 2.45) is 0 Å². The van der Waals surface area contributed by atoms with Crippen molar-refractivity contribution in [3.8, 4) is 0 Å². The van der Waals surface area contributed by atoms with E-state index in [2.05, 4.69) is 16.7 Å². The summed E-state index contributed by atoms with van der Waals surface area (Å²) in [7, 11) is 0. The Labute approximate surface area is 128 Å². The Balaban J connectivity index is 2.02. The Morgan fingerprint density at radius 3 is 2.38 bits per heavy atom. The van der Waals surface area contributed by atoms with Crippen LogP contribution in [0.2, 0.25) is 0 Å². The molecule has 2 heterocycles. The molecule has 5 heteroatoms. The van der Waals surface area contributed by atoms with Crippen LogP contribution < -0.4 is 0 Å². The number of hydrogen-bond acceptors (Lipinski definition) is 5. The minimum absolute atomic E-state index is 0.0136. The molecule has 0 N–H and O–H groups in total. The molecule has 2 aliphatic rings. The molecular weight excluding hydrogens is 268 g/mol. The molecule has 2 fully saturated rings. The zero-order valence-corrected chi connectivity index (χ0v) is 13.6. The lowest BCUT2D eigenvalue weighted by Gasteiger charge is -2.49. The number of morpholine rings is 1. The minimum atomic E-state index is -0.0482. The van der Waals surface area contributed by atoms with Gasteiger partial charge in [-0.25, -0.2) is 0 Å². The van der Waals surface area contributed by atoms with Crippen LogP contribution >= 0.6 is 0 Å².